The Morgan fingerprint density at radius 1 is 1.00 bits per heavy atom. The second kappa shape index (κ2) is 7.97. The second-order valence-corrected chi connectivity index (χ2v) is 7.23. The Labute approximate surface area is 161 Å². The maximum atomic E-state index is 5.46. The van der Waals surface area contributed by atoms with Crippen molar-refractivity contribution in [1.82, 2.24) is 10.3 Å². The number of nitrogens with one attached hydrogen (secondary N) is 1. The minimum Gasteiger partial charge on any atom is -0.496 e. The Balaban J connectivity index is 1.60. The van der Waals surface area contributed by atoms with Crippen LogP contribution < -0.4 is 15.0 Å². The zero-order chi connectivity index (χ0) is 18.6. The van der Waals surface area contributed by atoms with Gasteiger partial charge in [0.1, 0.15) is 11.6 Å². The number of para-hydroxylation sites is 2. The molecule has 4 nitrogen and oxygen atoms in total. The van der Waals surface area contributed by atoms with Crippen molar-refractivity contribution in [1.29, 1.82) is 0 Å². The normalized spacial score (nSPS) is 14.1. The van der Waals surface area contributed by atoms with Crippen molar-refractivity contribution in [2.75, 3.05) is 25.1 Å². The number of nitrogens with zero attached hydrogens (tertiary/aromatic N) is 2. The first-order chi connectivity index (χ1) is 13.3. The molecule has 2 heterocycles. The quantitative estimate of drug-likeness (QED) is 0.704. The Bertz CT molecular complexity index is 932. The molecule has 1 aliphatic heterocycles. The molecule has 1 aromatic heterocycles. The van der Waals surface area contributed by atoms with E-state index in [0.29, 0.717) is 0 Å². The van der Waals surface area contributed by atoms with Crippen LogP contribution in [0.5, 0.6) is 5.75 Å². The summed E-state index contributed by atoms with van der Waals surface area (Å²) in [5.74, 6) is 2.07. The van der Waals surface area contributed by atoms with Crippen molar-refractivity contribution < 1.29 is 4.74 Å². The van der Waals surface area contributed by atoms with Crippen LogP contribution in [0.1, 0.15) is 29.5 Å². The van der Waals surface area contributed by atoms with Crippen molar-refractivity contribution in [3.63, 3.8) is 0 Å². The molecule has 4 heteroatoms. The maximum absolute atomic E-state index is 5.46. The summed E-state index contributed by atoms with van der Waals surface area (Å²) in [7, 11) is 1.72. The smallest absolute Gasteiger partial charge is 0.133 e. The Kier molecular flexibility index (Phi) is 5.26. The summed E-state index contributed by atoms with van der Waals surface area (Å²) in [6.07, 6.45) is 2.50. The number of aromatic nitrogens is 1. The van der Waals surface area contributed by atoms with E-state index in [2.05, 4.69) is 53.5 Å². The minimum atomic E-state index is 0.773. The number of pyridine rings is 1. The standard InChI is InChI=1S/C23H27N3O/c1-17-8-7-10-18-14-20(23(25-22(17)18)26-12-5-6-13-26)16-24-15-19-9-3-4-11-21(19)27-2/h3-4,7-11,14,24H,5-6,12-13,15-16H2,1-2H3. The average molecular weight is 361 g/mol. The monoisotopic (exact) mass is 361 g/mol. The van der Waals surface area contributed by atoms with Crippen LogP contribution in [0.15, 0.2) is 48.5 Å². The van der Waals surface area contributed by atoms with Crippen LogP contribution in [0.2, 0.25) is 0 Å². The van der Waals surface area contributed by atoms with Crippen LogP contribution in [0.4, 0.5) is 5.82 Å². The molecule has 1 fully saturated rings. The molecule has 1 aliphatic rings. The lowest BCUT2D eigenvalue weighted by Gasteiger charge is -2.22. The van der Waals surface area contributed by atoms with E-state index in [9.17, 15) is 0 Å². The molecule has 0 atom stereocenters. The third kappa shape index (κ3) is 3.76. The minimum absolute atomic E-state index is 0.773. The summed E-state index contributed by atoms with van der Waals surface area (Å²) >= 11 is 0. The zero-order valence-electron chi connectivity index (χ0n) is 16.2. The van der Waals surface area contributed by atoms with Crippen LogP contribution >= 0.6 is 0 Å². The number of ether oxygens (including phenoxy) is 1. The molecule has 27 heavy (non-hydrogen) atoms. The van der Waals surface area contributed by atoms with Gasteiger partial charge in [0.05, 0.1) is 12.6 Å². The highest BCUT2D eigenvalue weighted by Gasteiger charge is 2.18. The first kappa shape index (κ1) is 17.8. The van der Waals surface area contributed by atoms with Crippen molar-refractivity contribution in [2.24, 2.45) is 0 Å². The SMILES string of the molecule is COc1ccccc1CNCc1cc2cccc(C)c2nc1N1CCCC1. The van der Waals surface area contributed by atoms with Gasteiger partial charge in [-0.2, -0.15) is 0 Å². The lowest BCUT2D eigenvalue weighted by atomic mass is 10.1. The van der Waals surface area contributed by atoms with Crippen LogP contribution in [0.3, 0.4) is 0 Å². The number of hydrogen-bond acceptors (Lipinski definition) is 4. The molecule has 0 spiro atoms. The van der Waals surface area contributed by atoms with Crippen molar-refractivity contribution in [2.45, 2.75) is 32.9 Å². The predicted molar refractivity (Wildman–Crippen MR) is 111 cm³/mol. The fraction of sp³-hybridized carbons (Fsp3) is 0.348. The van der Waals surface area contributed by atoms with Gasteiger partial charge < -0.3 is 15.0 Å². The molecule has 0 saturated carbocycles. The van der Waals surface area contributed by atoms with Gasteiger partial charge in [-0.25, -0.2) is 4.98 Å². The molecular weight excluding hydrogens is 334 g/mol. The van der Waals surface area contributed by atoms with Gasteiger partial charge >= 0.3 is 0 Å². The fourth-order valence-electron chi connectivity index (χ4n) is 3.89. The molecule has 4 rings (SSSR count). The van der Waals surface area contributed by atoms with E-state index in [4.69, 9.17) is 9.72 Å². The van der Waals surface area contributed by atoms with E-state index in [0.717, 1.165) is 43.3 Å². The highest BCUT2D eigenvalue weighted by atomic mass is 16.5. The summed E-state index contributed by atoms with van der Waals surface area (Å²) in [6, 6.07) is 16.9. The molecular formula is C23H27N3O. The predicted octanol–water partition coefficient (Wildman–Crippen LogP) is 4.44. The van der Waals surface area contributed by atoms with E-state index in [-0.39, 0.29) is 0 Å². The van der Waals surface area contributed by atoms with Crippen LogP contribution in [-0.2, 0) is 13.1 Å². The summed E-state index contributed by atoms with van der Waals surface area (Å²) in [6.45, 7) is 5.91. The highest BCUT2D eigenvalue weighted by molar-refractivity contribution is 5.84. The number of fused-ring (bicyclic) bond motifs is 1. The third-order valence-corrected chi connectivity index (χ3v) is 5.33. The highest BCUT2D eigenvalue weighted by Crippen LogP contribution is 2.28. The topological polar surface area (TPSA) is 37.4 Å². The van der Waals surface area contributed by atoms with E-state index in [1.165, 1.54) is 34.9 Å². The van der Waals surface area contributed by atoms with Crippen molar-refractivity contribution in [3.05, 3.63) is 65.2 Å². The molecule has 1 N–H and O–H groups in total. The second-order valence-electron chi connectivity index (χ2n) is 7.23. The molecule has 1 saturated heterocycles. The molecule has 0 radical (unpaired) electrons. The van der Waals surface area contributed by atoms with Gasteiger partial charge in [0, 0.05) is 42.7 Å². The van der Waals surface area contributed by atoms with Crippen molar-refractivity contribution >= 4 is 16.7 Å². The van der Waals surface area contributed by atoms with Gasteiger partial charge in [-0.3, -0.25) is 0 Å². The first-order valence-electron chi connectivity index (χ1n) is 9.73. The number of aryl methyl sites for hydroxylation is 1. The average Bonchev–Trinajstić information content (AvgIpc) is 3.23. The molecule has 0 bridgehead atoms. The number of methoxy groups -OCH3 is 1. The lowest BCUT2D eigenvalue weighted by molar-refractivity contribution is 0.407. The van der Waals surface area contributed by atoms with Gasteiger partial charge in [0.25, 0.3) is 0 Å². The Hall–Kier alpha value is -2.59. The van der Waals surface area contributed by atoms with Gasteiger partial charge in [-0.1, -0.05) is 36.4 Å². The zero-order valence-corrected chi connectivity index (χ0v) is 16.2. The fourth-order valence-corrected chi connectivity index (χ4v) is 3.89. The van der Waals surface area contributed by atoms with E-state index in [1.807, 2.05) is 12.1 Å². The molecule has 3 aromatic rings. The number of benzene rings is 2. The van der Waals surface area contributed by atoms with E-state index >= 15 is 0 Å². The van der Waals surface area contributed by atoms with Crippen molar-refractivity contribution in [3.8, 4) is 5.75 Å². The number of hydrogen-bond donors (Lipinski definition) is 1. The van der Waals surface area contributed by atoms with E-state index in [1.54, 1.807) is 7.11 Å². The Morgan fingerprint density at radius 2 is 1.78 bits per heavy atom. The van der Waals surface area contributed by atoms with Gasteiger partial charge in [0.15, 0.2) is 0 Å². The molecule has 140 valence electrons. The Morgan fingerprint density at radius 3 is 2.59 bits per heavy atom. The maximum Gasteiger partial charge on any atom is 0.133 e. The van der Waals surface area contributed by atoms with Gasteiger partial charge in [-0.15, -0.1) is 0 Å². The largest absolute Gasteiger partial charge is 0.496 e. The van der Waals surface area contributed by atoms with Gasteiger partial charge in [-0.05, 0) is 37.5 Å². The van der Waals surface area contributed by atoms with Crippen LogP contribution in [0, 0.1) is 6.92 Å². The molecule has 0 unspecified atom stereocenters. The molecule has 0 aliphatic carbocycles. The molecule has 0 amide bonds. The first-order valence-corrected chi connectivity index (χ1v) is 9.73. The lowest BCUT2D eigenvalue weighted by Crippen LogP contribution is -2.23. The van der Waals surface area contributed by atoms with E-state index < -0.39 is 0 Å². The summed E-state index contributed by atoms with van der Waals surface area (Å²) in [5, 5.41) is 4.80. The van der Waals surface area contributed by atoms with Crippen LogP contribution in [-0.4, -0.2) is 25.2 Å². The number of anilines is 1. The number of rotatable bonds is 6. The summed E-state index contributed by atoms with van der Waals surface area (Å²) in [5.41, 5.74) is 4.80. The third-order valence-electron chi connectivity index (χ3n) is 5.33. The van der Waals surface area contributed by atoms with Gasteiger partial charge in [0.2, 0.25) is 0 Å². The molecule has 2 aromatic carbocycles. The van der Waals surface area contributed by atoms with Crippen LogP contribution in [0.25, 0.3) is 10.9 Å². The summed E-state index contributed by atoms with van der Waals surface area (Å²) < 4.78 is 5.46. The summed E-state index contributed by atoms with van der Waals surface area (Å²) in [4.78, 5) is 7.51.